The lowest BCUT2D eigenvalue weighted by molar-refractivity contribution is -0.0403. The van der Waals surface area contributed by atoms with Crippen LogP contribution in [0.25, 0.3) is 0 Å². The van der Waals surface area contributed by atoms with Crippen molar-refractivity contribution < 1.29 is 14.0 Å². The van der Waals surface area contributed by atoms with Crippen molar-refractivity contribution in [1.82, 2.24) is 15.5 Å². The van der Waals surface area contributed by atoms with Crippen molar-refractivity contribution in [2.24, 2.45) is 0 Å². The molecular weight excluding hydrogens is 258 g/mol. The summed E-state index contributed by atoms with van der Waals surface area (Å²) in [6.45, 7) is 10.2. The summed E-state index contributed by atoms with van der Waals surface area (Å²) in [7, 11) is 1.69. The van der Waals surface area contributed by atoms with Crippen molar-refractivity contribution in [1.29, 1.82) is 0 Å². The maximum Gasteiger partial charge on any atom is 0.228 e. The summed E-state index contributed by atoms with van der Waals surface area (Å²) in [6, 6.07) is 0.179. The molecule has 0 saturated carbocycles. The van der Waals surface area contributed by atoms with Crippen LogP contribution in [0.2, 0.25) is 0 Å². The topological polar surface area (TPSA) is 69.4 Å². The average Bonchev–Trinajstić information content (AvgIpc) is 2.88. The molecule has 2 unspecified atom stereocenters. The van der Waals surface area contributed by atoms with Gasteiger partial charge in [0.05, 0.1) is 6.61 Å². The number of hydrogen-bond acceptors (Lipinski definition) is 6. The zero-order chi connectivity index (χ0) is 15.0. The van der Waals surface area contributed by atoms with Crippen LogP contribution in [-0.4, -0.2) is 43.1 Å². The van der Waals surface area contributed by atoms with Crippen molar-refractivity contribution in [3.8, 4) is 0 Å². The van der Waals surface area contributed by atoms with Gasteiger partial charge in [-0.15, -0.1) is 0 Å². The van der Waals surface area contributed by atoms with Crippen LogP contribution in [0.15, 0.2) is 4.52 Å². The highest BCUT2D eigenvalue weighted by atomic mass is 16.5. The maximum absolute atomic E-state index is 5.75. The van der Waals surface area contributed by atoms with E-state index in [1.54, 1.807) is 7.11 Å². The molecule has 2 atom stereocenters. The Bertz CT molecular complexity index is 377. The van der Waals surface area contributed by atoms with Crippen molar-refractivity contribution in [3.63, 3.8) is 0 Å². The molecule has 0 amide bonds. The minimum Gasteiger partial charge on any atom is -0.383 e. The Morgan fingerprint density at radius 3 is 2.65 bits per heavy atom. The van der Waals surface area contributed by atoms with E-state index in [2.05, 4.69) is 29.3 Å². The highest BCUT2D eigenvalue weighted by Gasteiger charge is 2.31. The second-order valence-electron chi connectivity index (χ2n) is 4.94. The quantitative estimate of drug-likeness (QED) is 0.708. The van der Waals surface area contributed by atoms with E-state index in [-0.39, 0.29) is 6.04 Å². The molecule has 1 N–H and O–H groups in total. The largest absolute Gasteiger partial charge is 0.383 e. The summed E-state index contributed by atoms with van der Waals surface area (Å²) in [5.41, 5.74) is -0.481. The predicted octanol–water partition coefficient (Wildman–Crippen LogP) is 1.90. The summed E-state index contributed by atoms with van der Waals surface area (Å²) in [4.78, 5) is 4.48. The van der Waals surface area contributed by atoms with Gasteiger partial charge in [0, 0.05) is 26.2 Å². The molecule has 0 aromatic carbocycles. The fourth-order valence-electron chi connectivity index (χ4n) is 2.09. The summed E-state index contributed by atoms with van der Waals surface area (Å²) in [5.74, 6) is 1.23. The second-order valence-corrected chi connectivity index (χ2v) is 4.94. The monoisotopic (exact) mass is 285 g/mol. The van der Waals surface area contributed by atoms with Gasteiger partial charge in [-0.2, -0.15) is 4.98 Å². The van der Waals surface area contributed by atoms with Gasteiger partial charge in [0.1, 0.15) is 5.60 Å². The zero-order valence-electron chi connectivity index (χ0n) is 13.2. The van der Waals surface area contributed by atoms with Crippen LogP contribution < -0.4 is 5.32 Å². The molecule has 0 saturated heterocycles. The third-order valence-electron chi connectivity index (χ3n) is 3.36. The summed E-state index contributed by atoms with van der Waals surface area (Å²) in [6.07, 6.45) is 1.45. The Hall–Kier alpha value is -0.980. The number of nitrogens with zero attached hydrogens (tertiary/aromatic N) is 2. The van der Waals surface area contributed by atoms with Gasteiger partial charge in [-0.05, 0) is 26.8 Å². The smallest absolute Gasteiger partial charge is 0.228 e. The number of aromatic nitrogens is 2. The van der Waals surface area contributed by atoms with Crippen LogP contribution in [0, 0.1) is 0 Å². The van der Waals surface area contributed by atoms with Crippen LogP contribution in [0.5, 0.6) is 0 Å². The standard InChI is InChI=1S/C14H27N3O3/c1-6-14(4,19-8-3)13-16-12(20-17-13)9-11(10-18-5)15-7-2/h11,15H,6-10H2,1-5H3. The minimum atomic E-state index is -0.481. The molecule has 0 spiro atoms. The van der Waals surface area contributed by atoms with Gasteiger partial charge in [0.25, 0.3) is 0 Å². The Morgan fingerprint density at radius 1 is 1.35 bits per heavy atom. The molecule has 0 aliphatic heterocycles. The number of methoxy groups -OCH3 is 1. The van der Waals surface area contributed by atoms with Crippen LogP contribution in [0.1, 0.15) is 45.8 Å². The van der Waals surface area contributed by atoms with E-state index in [1.807, 2.05) is 13.8 Å². The lowest BCUT2D eigenvalue weighted by atomic mass is 10.0. The van der Waals surface area contributed by atoms with Crippen molar-refractivity contribution >= 4 is 0 Å². The van der Waals surface area contributed by atoms with Gasteiger partial charge < -0.3 is 19.3 Å². The van der Waals surface area contributed by atoms with Crippen LogP contribution in [0.3, 0.4) is 0 Å². The van der Waals surface area contributed by atoms with E-state index in [0.29, 0.717) is 31.3 Å². The molecule has 1 rings (SSSR count). The molecule has 0 radical (unpaired) electrons. The van der Waals surface area contributed by atoms with Crippen molar-refractivity contribution in [2.75, 3.05) is 26.9 Å². The van der Waals surface area contributed by atoms with E-state index < -0.39 is 5.60 Å². The Morgan fingerprint density at radius 2 is 2.10 bits per heavy atom. The molecule has 1 aromatic rings. The molecule has 20 heavy (non-hydrogen) atoms. The number of hydrogen-bond donors (Lipinski definition) is 1. The minimum absolute atomic E-state index is 0.179. The SMILES string of the molecule is CCNC(COC)Cc1nc(C(C)(CC)OCC)no1. The fraction of sp³-hybridized carbons (Fsp3) is 0.857. The highest BCUT2D eigenvalue weighted by Crippen LogP contribution is 2.26. The van der Waals surface area contributed by atoms with Crippen molar-refractivity contribution in [3.05, 3.63) is 11.7 Å². The van der Waals surface area contributed by atoms with Gasteiger partial charge in [-0.25, -0.2) is 0 Å². The van der Waals surface area contributed by atoms with E-state index >= 15 is 0 Å². The lowest BCUT2D eigenvalue weighted by Crippen LogP contribution is -2.35. The van der Waals surface area contributed by atoms with Crippen LogP contribution in [-0.2, 0) is 21.5 Å². The van der Waals surface area contributed by atoms with Gasteiger partial charge in [0.2, 0.25) is 11.7 Å². The van der Waals surface area contributed by atoms with E-state index in [9.17, 15) is 0 Å². The Kier molecular flexibility index (Phi) is 7.12. The summed E-state index contributed by atoms with van der Waals surface area (Å²) in [5, 5.41) is 7.41. The third-order valence-corrected chi connectivity index (χ3v) is 3.36. The molecule has 0 fully saturated rings. The number of rotatable bonds is 10. The van der Waals surface area contributed by atoms with Gasteiger partial charge >= 0.3 is 0 Å². The maximum atomic E-state index is 5.75. The van der Waals surface area contributed by atoms with Gasteiger partial charge in [-0.1, -0.05) is 19.0 Å². The first-order chi connectivity index (χ1) is 9.59. The Balaban J connectivity index is 2.75. The first kappa shape index (κ1) is 17.1. The molecule has 6 nitrogen and oxygen atoms in total. The molecule has 1 heterocycles. The highest BCUT2D eigenvalue weighted by molar-refractivity contribution is 5.00. The Labute approximate surface area is 121 Å². The van der Waals surface area contributed by atoms with Gasteiger partial charge in [0.15, 0.2) is 0 Å². The fourth-order valence-corrected chi connectivity index (χ4v) is 2.09. The molecule has 0 aliphatic carbocycles. The van der Waals surface area contributed by atoms with Crippen LogP contribution in [0.4, 0.5) is 0 Å². The van der Waals surface area contributed by atoms with E-state index in [0.717, 1.165) is 13.0 Å². The molecule has 116 valence electrons. The number of ether oxygens (including phenoxy) is 2. The first-order valence-corrected chi connectivity index (χ1v) is 7.28. The van der Waals surface area contributed by atoms with E-state index in [4.69, 9.17) is 14.0 Å². The lowest BCUT2D eigenvalue weighted by Gasteiger charge is -2.23. The molecular formula is C14H27N3O3. The summed E-state index contributed by atoms with van der Waals surface area (Å²) < 4.78 is 16.3. The number of likely N-dealkylation sites (N-methyl/N-ethyl adjacent to an activating group) is 1. The third kappa shape index (κ3) is 4.54. The normalized spacial score (nSPS) is 16.1. The van der Waals surface area contributed by atoms with Crippen molar-refractivity contribution in [2.45, 2.75) is 52.2 Å². The zero-order valence-corrected chi connectivity index (χ0v) is 13.2. The van der Waals surface area contributed by atoms with Crippen LogP contribution >= 0.6 is 0 Å². The second kappa shape index (κ2) is 8.34. The average molecular weight is 285 g/mol. The molecule has 0 aliphatic rings. The molecule has 1 aromatic heterocycles. The van der Waals surface area contributed by atoms with Gasteiger partial charge in [-0.3, -0.25) is 0 Å². The number of nitrogens with one attached hydrogen (secondary N) is 1. The predicted molar refractivity (Wildman–Crippen MR) is 76.6 cm³/mol. The van der Waals surface area contributed by atoms with E-state index in [1.165, 1.54) is 0 Å². The summed E-state index contributed by atoms with van der Waals surface area (Å²) >= 11 is 0. The molecule has 0 bridgehead atoms. The molecule has 6 heteroatoms. The first-order valence-electron chi connectivity index (χ1n) is 7.28.